The normalized spacial score (nSPS) is 12.7. The Balaban J connectivity index is 3.10. The molecule has 0 aromatic heterocycles. The highest BCUT2D eigenvalue weighted by Crippen LogP contribution is 2.23. The zero-order valence-corrected chi connectivity index (χ0v) is 12.2. The maximum absolute atomic E-state index is 12.2. The SMILES string of the molecule is CCC(CC(=O)O)NS(=O)(=O)c1cc(C#N)ccc1Cl. The van der Waals surface area contributed by atoms with Gasteiger partial charge in [0.1, 0.15) is 4.90 Å². The van der Waals surface area contributed by atoms with Gasteiger partial charge >= 0.3 is 5.97 Å². The van der Waals surface area contributed by atoms with Crippen LogP contribution in [0.5, 0.6) is 0 Å². The topological polar surface area (TPSA) is 107 Å². The first-order valence-corrected chi connectivity index (χ1v) is 7.60. The van der Waals surface area contributed by atoms with Crippen LogP contribution in [0.2, 0.25) is 5.02 Å². The van der Waals surface area contributed by atoms with E-state index in [0.717, 1.165) is 6.07 Å². The quantitative estimate of drug-likeness (QED) is 0.831. The summed E-state index contributed by atoms with van der Waals surface area (Å²) >= 11 is 5.83. The van der Waals surface area contributed by atoms with Gasteiger partial charge in [0.05, 0.1) is 23.1 Å². The Labute approximate surface area is 122 Å². The fourth-order valence-electron chi connectivity index (χ4n) is 1.54. The molecule has 0 aliphatic heterocycles. The number of rotatable bonds is 6. The summed E-state index contributed by atoms with van der Waals surface area (Å²) in [5.74, 6) is -1.10. The number of carbonyl (C=O) groups is 1. The lowest BCUT2D eigenvalue weighted by atomic mass is 10.2. The first kappa shape index (κ1) is 16.4. The molecule has 8 heteroatoms. The number of hydrogen-bond donors (Lipinski definition) is 2. The van der Waals surface area contributed by atoms with Crippen LogP contribution in [0.3, 0.4) is 0 Å². The van der Waals surface area contributed by atoms with Gasteiger partial charge in [-0.2, -0.15) is 5.26 Å². The van der Waals surface area contributed by atoms with Crippen molar-refractivity contribution in [2.45, 2.75) is 30.7 Å². The van der Waals surface area contributed by atoms with Crippen molar-refractivity contribution in [3.8, 4) is 6.07 Å². The van der Waals surface area contributed by atoms with Crippen LogP contribution in [0.25, 0.3) is 0 Å². The Hall–Kier alpha value is -1.62. The van der Waals surface area contributed by atoms with E-state index < -0.39 is 22.0 Å². The monoisotopic (exact) mass is 316 g/mol. The standard InChI is InChI=1S/C12H13ClN2O4S/c1-2-9(6-12(16)17)15-20(18,19)11-5-8(7-14)3-4-10(11)13/h3-5,9,15H,2,6H2,1H3,(H,16,17). The number of nitriles is 1. The minimum Gasteiger partial charge on any atom is -0.481 e. The number of nitrogens with zero attached hydrogens (tertiary/aromatic N) is 1. The van der Waals surface area contributed by atoms with E-state index in [1.165, 1.54) is 12.1 Å². The lowest BCUT2D eigenvalue weighted by Crippen LogP contribution is -2.36. The van der Waals surface area contributed by atoms with Crippen molar-refractivity contribution in [3.05, 3.63) is 28.8 Å². The Morgan fingerprint density at radius 1 is 1.55 bits per heavy atom. The van der Waals surface area contributed by atoms with Crippen LogP contribution < -0.4 is 4.72 Å². The van der Waals surface area contributed by atoms with E-state index in [2.05, 4.69) is 4.72 Å². The van der Waals surface area contributed by atoms with Gasteiger partial charge < -0.3 is 5.11 Å². The van der Waals surface area contributed by atoms with Gasteiger partial charge in [0.2, 0.25) is 10.0 Å². The molecule has 0 fully saturated rings. The zero-order valence-electron chi connectivity index (χ0n) is 10.6. The molecule has 0 saturated heterocycles. The van der Waals surface area contributed by atoms with Crippen LogP contribution in [0, 0.1) is 11.3 Å². The highest BCUT2D eigenvalue weighted by molar-refractivity contribution is 7.89. The minimum absolute atomic E-state index is 0.0262. The van der Waals surface area contributed by atoms with E-state index in [9.17, 15) is 13.2 Å². The highest BCUT2D eigenvalue weighted by atomic mass is 35.5. The molecule has 0 amide bonds. The third-order valence-corrected chi connectivity index (χ3v) is 4.59. The molecule has 0 spiro atoms. The fourth-order valence-corrected chi connectivity index (χ4v) is 3.39. The maximum atomic E-state index is 12.2. The smallest absolute Gasteiger partial charge is 0.304 e. The maximum Gasteiger partial charge on any atom is 0.304 e. The third kappa shape index (κ3) is 4.20. The van der Waals surface area contributed by atoms with Crippen molar-refractivity contribution < 1.29 is 18.3 Å². The minimum atomic E-state index is -3.98. The van der Waals surface area contributed by atoms with Crippen molar-refractivity contribution in [2.24, 2.45) is 0 Å². The van der Waals surface area contributed by atoms with Crippen LogP contribution in [-0.4, -0.2) is 25.5 Å². The van der Waals surface area contributed by atoms with Crippen molar-refractivity contribution >= 4 is 27.6 Å². The molecule has 0 aliphatic rings. The van der Waals surface area contributed by atoms with Crippen molar-refractivity contribution in [1.82, 2.24) is 4.72 Å². The molecule has 6 nitrogen and oxygen atoms in total. The summed E-state index contributed by atoms with van der Waals surface area (Å²) in [6.45, 7) is 1.67. The number of carboxylic acid groups (broad SMARTS) is 1. The summed E-state index contributed by atoms with van der Waals surface area (Å²) < 4.78 is 26.6. The van der Waals surface area contributed by atoms with E-state index in [1.54, 1.807) is 6.92 Å². The number of nitrogens with one attached hydrogen (secondary N) is 1. The lowest BCUT2D eigenvalue weighted by Gasteiger charge is -2.15. The summed E-state index contributed by atoms with van der Waals surface area (Å²) in [6.07, 6.45) is -0.00756. The van der Waals surface area contributed by atoms with E-state index in [-0.39, 0.29) is 21.9 Å². The third-order valence-electron chi connectivity index (χ3n) is 2.59. The fraction of sp³-hybridized carbons (Fsp3) is 0.333. The first-order valence-electron chi connectivity index (χ1n) is 5.74. The second kappa shape index (κ2) is 6.70. The Morgan fingerprint density at radius 3 is 2.70 bits per heavy atom. The molecule has 1 unspecified atom stereocenters. The van der Waals surface area contributed by atoms with Gasteiger partial charge in [-0.3, -0.25) is 4.79 Å². The van der Waals surface area contributed by atoms with Crippen LogP contribution in [0.15, 0.2) is 23.1 Å². The van der Waals surface area contributed by atoms with Crippen LogP contribution in [0.4, 0.5) is 0 Å². The Kier molecular flexibility index (Phi) is 5.51. The number of halogens is 1. The summed E-state index contributed by atoms with van der Waals surface area (Å²) in [5.41, 5.74) is 0.154. The zero-order chi connectivity index (χ0) is 15.3. The van der Waals surface area contributed by atoms with Crippen molar-refractivity contribution in [3.63, 3.8) is 0 Å². The number of aliphatic carboxylic acids is 1. The van der Waals surface area contributed by atoms with Crippen molar-refractivity contribution in [2.75, 3.05) is 0 Å². The molecule has 0 heterocycles. The average Bonchev–Trinajstić information content (AvgIpc) is 2.37. The van der Waals surface area contributed by atoms with Gasteiger partial charge in [0, 0.05) is 6.04 Å². The number of carboxylic acids is 1. The molecule has 0 aliphatic carbocycles. The number of benzene rings is 1. The second-order valence-corrected chi connectivity index (χ2v) is 6.17. The number of sulfonamides is 1. The molecular formula is C12H13ClN2O4S. The average molecular weight is 317 g/mol. The van der Waals surface area contributed by atoms with E-state index in [4.69, 9.17) is 22.0 Å². The molecule has 0 bridgehead atoms. The summed E-state index contributed by atoms with van der Waals surface area (Å²) in [7, 11) is -3.98. The summed E-state index contributed by atoms with van der Waals surface area (Å²) in [6, 6.07) is 4.95. The van der Waals surface area contributed by atoms with Gasteiger partial charge in [0.25, 0.3) is 0 Å². The number of hydrogen-bond acceptors (Lipinski definition) is 4. The molecule has 108 valence electrons. The lowest BCUT2D eigenvalue weighted by molar-refractivity contribution is -0.137. The van der Waals surface area contributed by atoms with Gasteiger partial charge in [-0.25, -0.2) is 13.1 Å². The first-order chi connectivity index (χ1) is 9.30. The largest absolute Gasteiger partial charge is 0.481 e. The molecule has 1 atom stereocenters. The molecule has 0 radical (unpaired) electrons. The molecule has 1 aromatic rings. The van der Waals surface area contributed by atoms with Crippen LogP contribution in [0.1, 0.15) is 25.3 Å². The molecule has 20 heavy (non-hydrogen) atoms. The molecule has 0 saturated carbocycles. The van der Waals surface area contributed by atoms with Crippen molar-refractivity contribution in [1.29, 1.82) is 5.26 Å². The summed E-state index contributed by atoms with van der Waals surface area (Å²) in [5, 5.41) is 17.5. The van der Waals surface area contributed by atoms with E-state index >= 15 is 0 Å². The van der Waals surface area contributed by atoms with Gasteiger partial charge in [0.15, 0.2) is 0 Å². The molecule has 2 N–H and O–H groups in total. The van der Waals surface area contributed by atoms with Gasteiger partial charge in [-0.05, 0) is 24.6 Å². The summed E-state index contributed by atoms with van der Waals surface area (Å²) in [4.78, 5) is 10.4. The molecular weight excluding hydrogens is 304 g/mol. The van der Waals surface area contributed by atoms with E-state index in [0.29, 0.717) is 6.42 Å². The van der Waals surface area contributed by atoms with E-state index in [1.807, 2.05) is 6.07 Å². The van der Waals surface area contributed by atoms with Gasteiger partial charge in [-0.1, -0.05) is 18.5 Å². The van der Waals surface area contributed by atoms with Crippen LogP contribution in [-0.2, 0) is 14.8 Å². The predicted molar refractivity (Wildman–Crippen MR) is 72.8 cm³/mol. The highest BCUT2D eigenvalue weighted by Gasteiger charge is 2.23. The second-order valence-electron chi connectivity index (χ2n) is 4.08. The van der Waals surface area contributed by atoms with Crippen LogP contribution >= 0.6 is 11.6 Å². The molecule has 1 aromatic carbocycles. The Morgan fingerprint density at radius 2 is 2.20 bits per heavy atom. The molecule has 1 rings (SSSR count). The van der Waals surface area contributed by atoms with Gasteiger partial charge in [-0.15, -0.1) is 0 Å². The predicted octanol–water partition coefficient (Wildman–Crippen LogP) is 1.74. The Bertz CT molecular complexity index is 652.